The Kier molecular flexibility index (Phi) is 6.85. The zero-order chi connectivity index (χ0) is 14.3. The van der Waals surface area contributed by atoms with Crippen LogP contribution in [0.5, 0.6) is 0 Å². The Hall–Kier alpha value is -1.09. The van der Waals surface area contributed by atoms with Crippen LogP contribution in [0.3, 0.4) is 0 Å². The molecule has 0 saturated carbocycles. The fourth-order valence-corrected chi connectivity index (χ4v) is 2.13. The van der Waals surface area contributed by atoms with Gasteiger partial charge in [0.2, 0.25) is 0 Å². The van der Waals surface area contributed by atoms with Crippen LogP contribution in [0.25, 0.3) is 0 Å². The number of nitrogens with one attached hydrogen (secondary N) is 1. The molecule has 1 N–H and O–H groups in total. The van der Waals surface area contributed by atoms with Gasteiger partial charge in [-0.25, -0.2) is 4.39 Å². The van der Waals surface area contributed by atoms with Crippen LogP contribution in [0.4, 0.5) is 10.1 Å². The number of hydrogen-bond acceptors (Lipinski definition) is 2. The van der Waals surface area contributed by atoms with Crippen molar-refractivity contribution in [2.24, 2.45) is 0 Å². The van der Waals surface area contributed by atoms with Crippen LogP contribution >= 0.6 is 0 Å². The second kappa shape index (κ2) is 8.16. The van der Waals surface area contributed by atoms with Crippen LogP contribution in [0.2, 0.25) is 0 Å². The van der Waals surface area contributed by atoms with Gasteiger partial charge in [0.05, 0.1) is 5.69 Å². The van der Waals surface area contributed by atoms with Gasteiger partial charge >= 0.3 is 0 Å². The molecule has 108 valence electrons. The summed E-state index contributed by atoms with van der Waals surface area (Å²) in [5, 5.41) is 3.31. The Labute approximate surface area is 117 Å². The van der Waals surface area contributed by atoms with E-state index in [0.717, 1.165) is 43.7 Å². The number of rotatable bonds is 8. The third-order valence-corrected chi connectivity index (χ3v) is 3.05. The average Bonchev–Trinajstić information content (AvgIpc) is 2.36. The summed E-state index contributed by atoms with van der Waals surface area (Å²) >= 11 is 0. The van der Waals surface area contributed by atoms with E-state index in [2.05, 4.69) is 37.9 Å². The molecular formula is C16H27FN2. The first-order valence-corrected chi connectivity index (χ1v) is 7.35. The van der Waals surface area contributed by atoms with Gasteiger partial charge in [-0.15, -0.1) is 0 Å². The summed E-state index contributed by atoms with van der Waals surface area (Å²) in [6.07, 6.45) is 2.08. The van der Waals surface area contributed by atoms with E-state index in [9.17, 15) is 4.39 Å². The van der Waals surface area contributed by atoms with E-state index in [1.807, 2.05) is 12.1 Å². The van der Waals surface area contributed by atoms with Gasteiger partial charge < -0.3 is 10.2 Å². The van der Waals surface area contributed by atoms with Gasteiger partial charge in [0.1, 0.15) is 5.82 Å². The molecular weight excluding hydrogens is 239 g/mol. The minimum Gasteiger partial charge on any atom is -0.369 e. The molecule has 0 aliphatic rings. The first kappa shape index (κ1) is 16.0. The Morgan fingerprint density at radius 2 is 1.79 bits per heavy atom. The molecule has 0 heterocycles. The fourth-order valence-electron chi connectivity index (χ4n) is 2.13. The number of nitrogens with zero attached hydrogens (tertiary/aromatic N) is 1. The second-order valence-electron chi connectivity index (χ2n) is 5.31. The Bertz CT molecular complexity index is 371. The smallest absolute Gasteiger partial charge is 0.146 e. The molecule has 0 saturated heterocycles. The summed E-state index contributed by atoms with van der Waals surface area (Å²) in [5.74, 6) is -0.107. The molecule has 1 aromatic rings. The molecule has 19 heavy (non-hydrogen) atoms. The zero-order valence-corrected chi connectivity index (χ0v) is 12.7. The molecule has 0 bridgehead atoms. The SMILES string of the molecule is CCCN(CCC)c1ccc(CNC(C)C)cc1F. The molecule has 0 atom stereocenters. The molecule has 0 amide bonds. The predicted octanol–water partition coefficient (Wildman–Crippen LogP) is 3.95. The highest BCUT2D eigenvalue weighted by molar-refractivity contribution is 5.49. The van der Waals surface area contributed by atoms with E-state index in [-0.39, 0.29) is 5.82 Å². The van der Waals surface area contributed by atoms with Gasteiger partial charge in [-0.3, -0.25) is 0 Å². The largest absolute Gasteiger partial charge is 0.369 e. The maximum atomic E-state index is 14.2. The molecule has 0 fully saturated rings. The van der Waals surface area contributed by atoms with Crippen molar-refractivity contribution in [3.8, 4) is 0 Å². The lowest BCUT2D eigenvalue weighted by Gasteiger charge is -2.24. The lowest BCUT2D eigenvalue weighted by atomic mass is 10.1. The molecule has 3 heteroatoms. The summed E-state index contributed by atoms with van der Waals surface area (Å²) in [6, 6.07) is 6.01. The fraction of sp³-hybridized carbons (Fsp3) is 0.625. The standard InChI is InChI=1S/C16H27FN2/c1-5-9-19(10-6-2)16-8-7-14(11-15(16)17)12-18-13(3)4/h7-8,11,13,18H,5-6,9-10,12H2,1-4H3. The molecule has 2 nitrogen and oxygen atoms in total. The van der Waals surface area contributed by atoms with Crippen molar-refractivity contribution >= 4 is 5.69 Å². The number of anilines is 1. The lowest BCUT2D eigenvalue weighted by Crippen LogP contribution is -2.26. The second-order valence-corrected chi connectivity index (χ2v) is 5.31. The average molecular weight is 266 g/mol. The first-order valence-electron chi connectivity index (χ1n) is 7.35. The van der Waals surface area contributed by atoms with Crippen LogP contribution in [0.1, 0.15) is 46.1 Å². The van der Waals surface area contributed by atoms with Crippen molar-refractivity contribution in [1.29, 1.82) is 0 Å². The van der Waals surface area contributed by atoms with Crippen molar-refractivity contribution in [2.45, 2.75) is 53.1 Å². The molecule has 0 spiro atoms. The van der Waals surface area contributed by atoms with E-state index < -0.39 is 0 Å². The molecule has 0 aliphatic heterocycles. The van der Waals surface area contributed by atoms with Crippen LogP contribution in [0, 0.1) is 5.82 Å². The minimum absolute atomic E-state index is 0.107. The highest BCUT2D eigenvalue weighted by Crippen LogP contribution is 2.21. The van der Waals surface area contributed by atoms with E-state index >= 15 is 0 Å². The van der Waals surface area contributed by atoms with Crippen LogP contribution < -0.4 is 10.2 Å². The predicted molar refractivity (Wildman–Crippen MR) is 81.2 cm³/mol. The van der Waals surface area contributed by atoms with Crippen molar-refractivity contribution < 1.29 is 4.39 Å². The molecule has 1 aromatic carbocycles. The van der Waals surface area contributed by atoms with Crippen LogP contribution in [0.15, 0.2) is 18.2 Å². The van der Waals surface area contributed by atoms with Crippen molar-refractivity contribution in [1.82, 2.24) is 5.32 Å². The molecule has 0 unspecified atom stereocenters. The number of halogens is 1. The summed E-state index contributed by atoms with van der Waals surface area (Å²) in [4.78, 5) is 2.13. The maximum Gasteiger partial charge on any atom is 0.146 e. The molecule has 0 aliphatic carbocycles. The van der Waals surface area contributed by atoms with Gasteiger partial charge in [0.25, 0.3) is 0 Å². The van der Waals surface area contributed by atoms with E-state index in [0.29, 0.717) is 6.04 Å². The van der Waals surface area contributed by atoms with E-state index in [1.54, 1.807) is 6.07 Å². The monoisotopic (exact) mass is 266 g/mol. The Morgan fingerprint density at radius 3 is 2.26 bits per heavy atom. The van der Waals surface area contributed by atoms with Gasteiger partial charge in [-0.1, -0.05) is 33.8 Å². The number of hydrogen-bond donors (Lipinski definition) is 1. The zero-order valence-electron chi connectivity index (χ0n) is 12.7. The van der Waals surface area contributed by atoms with E-state index in [4.69, 9.17) is 0 Å². The summed E-state index contributed by atoms with van der Waals surface area (Å²) in [5.41, 5.74) is 1.74. The highest BCUT2D eigenvalue weighted by Gasteiger charge is 2.10. The topological polar surface area (TPSA) is 15.3 Å². The van der Waals surface area contributed by atoms with Gasteiger partial charge in [-0.05, 0) is 30.5 Å². The Balaban J connectivity index is 2.79. The summed E-state index contributed by atoms with van der Waals surface area (Å²) in [7, 11) is 0. The summed E-state index contributed by atoms with van der Waals surface area (Å²) in [6.45, 7) is 11.0. The summed E-state index contributed by atoms with van der Waals surface area (Å²) < 4.78 is 14.2. The molecule has 0 aromatic heterocycles. The third-order valence-electron chi connectivity index (χ3n) is 3.05. The highest BCUT2D eigenvalue weighted by atomic mass is 19.1. The Morgan fingerprint density at radius 1 is 1.16 bits per heavy atom. The van der Waals surface area contributed by atoms with Gasteiger partial charge in [0, 0.05) is 25.7 Å². The number of benzene rings is 1. The van der Waals surface area contributed by atoms with Crippen molar-refractivity contribution in [3.63, 3.8) is 0 Å². The quantitative estimate of drug-likeness (QED) is 0.766. The normalized spacial score (nSPS) is 11.1. The van der Waals surface area contributed by atoms with Crippen LogP contribution in [-0.2, 0) is 6.54 Å². The van der Waals surface area contributed by atoms with Gasteiger partial charge in [-0.2, -0.15) is 0 Å². The molecule has 0 radical (unpaired) electrons. The van der Waals surface area contributed by atoms with Crippen molar-refractivity contribution in [2.75, 3.05) is 18.0 Å². The third kappa shape index (κ3) is 5.19. The lowest BCUT2D eigenvalue weighted by molar-refractivity contribution is 0.579. The minimum atomic E-state index is -0.107. The van der Waals surface area contributed by atoms with Crippen molar-refractivity contribution in [3.05, 3.63) is 29.6 Å². The maximum absolute atomic E-state index is 14.2. The first-order chi connectivity index (χ1) is 9.08. The van der Waals surface area contributed by atoms with Crippen LogP contribution in [-0.4, -0.2) is 19.1 Å². The molecule has 1 rings (SSSR count). The van der Waals surface area contributed by atoms with Gasteiger partial charge in [0.15, 0.2) is 0 Å². The van der Waals surface area contributed by atoms with E-state index in [1.165, 1.54) is 0 Å².